The molecule has 1 saturated heterocycles. The fraction of sp³-hybridized carbons (Fsp3) is 0.219. The van der Waals surface area contributed by atoms with Crippen molar-refractivity contribution in [2.24, 2.45) is 5.92 Å². The topological polar surface area (TPSA) is 96.5 Å². The van der Waals surface area contributed by atoms with Gasteiger partial charge in [0.25, 0.3) is 15.9 Å². The van der Waals surface area contributed by atoms with E-state index in [9.17, 15) is 13.2 Å². The normalized spacial score (nSPS) is 13.5. The first-order valence-electron chi connectivity index (χ1n) is 13.7. The lowest BCUT2D eigenvalue weighted by atomic mass is 9.91. The minimum atomic E-state index is -3.96. The zero-order valence-corrected chi connectivity index (χ0v) is 27.2. The first kappa shape index (κ1) is 32.8. The maximum atomic E-state index is 13.2. The molecule has 43 heavy (non-hydrogen) atoms. The minimum Gasteiger partial charge on any atom is -0.454 e. The molecule has 1 heterocycles. The number of amides is 1. The lowest BCUT2D eigenvalue weighted by Crippen LogP contribution is -2.28. The molecular formula is C32H32BrCl2N3O4S. The Labute approximate surface area is 272 Å². The van der Waals surface area contributed by atoms with Crippen LogP contribution in [0.15, 0.2) is 100 Å². The summed E-state index contributed by atoms with van der Waals surface area (Å²) in [5.74, 6) is 1.12. The Morgan fingerprint density at radius 3 is 2.28 bits per heavy atom. The maximum Gasteiger partial charge on any atom is 0.262 e. The first-order valence-corrected chi connectivity index (χ1v) is 16.3. The molecule has 1 amide bonds. The number of halogens is 3. The van der Waals surface area contributed by atoms with Gasteiger partial charge < -0.3 is 15.4 Å². The standard InChI is InChI=1S/C32H31BrClN3O4S.ClH/c33-26-11-14-30(28(34)20-26)41-31-4-2-1-3-29(31)37-42(39,40)27-12-9-25(10-13-27)32(38)36-21-24-7-5-22(6-8-24)19-23-15-17-35-18-16-23;/h1-14,20,23,35,37H,15-19,21H2,(H,36,38);1H. The smallest absolute Gasteiger partial charge is 0.262 e. The van der Waals surface area contributed by atoms with E-state index in [1.807, 2.05) is 12.1 Å². The Morgan fingerprint density at radius 2 is 1.58 bits per heavy atom. The van der Waals surface area contributed by atoms with Crippen molar-refractivity contribution < 1.29 is 17.9 Å². The average Bonchev–Trinajstić information content (AvgIpc) is 2.99. The first-order chi connectivity index (χ1) is 20.3. The molecule has 7 nitrogen and oxygen atoms in total. The summed E-state index contributed by atoms with van der Waals surface area (Å²) in [6.07, 6.45) is 3.49. The van der Waals surface area contributed by atoms with Gasteiger partial charge in [0.1, 0.15) is 5.75 Å². The number of sulfonamides is 1. The number of hydrogen-bond donors (Lipinski definition) is 3. The molecule has 226 valence electrons. The molecule has 3 N–H and O–H groups in total. The molecule has 4 aromatic carbocycles. The van der Waals surface area contributed by atoms with Gasteiger partial charge in [0.15, 0.2) is 5.75 Å². The summed E-state index contributed by atoms with van der Waals surface area (Å²) in [7, 11) is -3.96. The van der Waals surface area contributed by atoms with E-state index in [1.54, 1.807) is 42.5 Å². The fourth-order valence-electron chi connectivity index (χ4n) is 4.80. The third-order valence-electron chi connectivity index (χ3n) is 7.13. The van der Waals surface area contributed by atoms with Gasteiger partial charge in [-0.3, -0.25) is 9.52 Å². The molecule has 1 aliphatic rings. The molecule has 0 spiro atoms. The van der Waals surface area contributed by atoms with E-state index in [2.05, 4.69) is 43.4 Å². The van der Waals surface area contributed by atoms with E-state index >= 15 is 0 Å². The predicted octanol–water partition coefficient (Wildman–Crippen LogP) is 7.59. The van der Waals surface area contributed by atoms with Crippen molar-refractivity contribution in [1.82, 2.24) is 10.6 Å². The third-order valence-corrected chi connectivity index (χ3v) is 9.30. The summed E-state index contributed by atoms with van der Waals surface area (Å²) in [6.45, 7) is 2.56. The van der Waals surface area contributed by atoms with Gasteiger partial charge in [0, 0.05) is 16.6 Å². The predicted molar refractivity (Wildman–Crippen MR) is 177 cm³/mol. The number of rotatable bonds is 10. The Hall–Kier alpha value is -3.08. The highest BCUT2D eigenvalue weighted by atomic mass is 79.9. The molecule has 5 rings (SSSR count). The second-order valence-corrected chi connectivity index (χ2v) is 13.2. The summed E-state index contributed by atoms with van der Waals surface area (Å²) in [4.78, 5) is 12.8. The molecular weight excluding hydrogens is 673 g/mol. The minimum absolute atomic E-state index is 0. The summed E-state index contributed by atoms with van der Waals surface area (Å²) >= 11 is 9.62. The van der Waals surface area contributed by atoms with Crippen LogP contribution in [0, 0.1) is 5.92 Å². The van der Waals surface area contributed by atoms with E-state index in [4.69, 9.17) is 16.3 Å². The van der Waals surface area contributed by atoms with Crippen LogP contribution in [-0.2, 0) is 23.0 Å². The Bertz CT molecular complexity index is 1650. The van der Waals surface area contributed by atoms with Crippen LogP contribution < -0.4 is 20.1 Å². The molecule has 0 atom stereocenters. The number of para-hydroxylation sites is 2. The maximum absolute atomic E-state index is 13.2. The largest absolute Gasteiger partial charge is 0.454 e. The van der Waals surface area contributed by atoms with Gasteiger partial charge in [-0.25, -0.2) is 8.42 Å². The van der Waals surface area contributed by atoms with Crippen LogP contribution in [0.5, 0.6) is 11.5 Å². The lowest BCUT2D eigenvalue weighted by Gasteiger charge is -2.22. The average molecular weight is 706 g/mol. The molecule has 0 bridgehead atoms. The van der Waals surface area contributed by atoms with E-state index < -0.39 is 10.0 Å². The molecule has 0 aliphatic carbocycles. The molecule has 0 unspecified atom stereocenters. The highest BCUT2D eigenvalue weighted by molar-refractivity contribution is 9.10. The molecule has 0 radical (unpaired) electrons. The van der Waals surface area contributed by atoms with Crippen LogP contribution >= 0.6 is 39.9 Å². The molecule has 11 heteroatoms. The van der Waals surface area contributed by atoms with Crippen molar-refractivity contribution in [3.8, 4) is 11.5 Å². The number of benzene rings is 4. The zero-order chi connectivity index (χ0) is 29.5. The molecule has 1 aliphatic heterocycles. The number of carbonyl (C=O) groups excluding carboxylic acids is 1. The van der Waals surface area contributed by atoms with Gasteiger partial charge in [-0.05, 0) is 104 Å². The van der Waals surface area contributed by atoms with E-state index in [-0.39, 0.29) is 28.9 Å². The number of piperidine rings is 1. The van der Waals surface area contributed by atoms with E-state index in [0.717, 1.165) is 35.5 Å². The number of anilines is 1. The summed E-state index contributed by atoms with van der Waals surface area (Å²) in [5, 5.41) is 6.69. The number of hydrogen-bond acceptors (Lipinski definition) is 5. The van der Waals surface area contributed by atoms with Crippen LogP contribution in [0.25, 0.3) is 0 Å². The Morgan fingerprint density at radius 1 is 0.907 bits per heavy atom. The van der Waals surface area contributed by atoms with Crippen molar-refractivity contribution in [2.75, 3.05) is 17.8 Å². The fourth-order valence-corrected chi connectivity index (χ4v) is 6.58. The van der Waals surface area contributed by atoms with Gasteiger partial charge in [-0.1, -0.05) is 63.9 Å². The van der Waals surface area contributed by atoms with E-state index in [0.29, 0.717) is 28.6 Å². The van der Waals surface area contributed by atoms with Crippen LogP contribution in [0.4, 0.5) is 5.69 Å². The van der Waals surface area contributed by atoms with Crippen molar-refractivity contribution >= 4 is 61.6 Å². The van der Waals surface area contributed by atoms with Gasteiger partial charge in [0.05, 0.1) is 15.6 Å². The molecule has 0 aromatic heterocycles. The SMILES string of the molecule is Cl.O=C(NCc1ccc(CC2CCNCC2)cc1)c1ccc(S(=O)(=O)Nc2ccccc2Oc2ccc(Br)cc2Cl)cc1. The van der Waals surface area contributed by atoms with Gasteiger partial charge in [-0.2, -0.15) is 0 Å². The van der Waals surface area contributed by atoms with Gasteiger partial charge in [0.2, 0.25) is 0 Å². The number of carbonyl (C=O) groups is 1. The summed E-state index contributed by atoms with van der Waals surface area (Å²) < 4.78 is 35.6. The van der Waals surface area contributed by atoms with E-state index in [1.165, 1.54) is 42.7 Å². The van der Waals surface area contributed by atoms with Crippen LogP contribution in [0.1, 0.15) is 34.3 Å². The van der Waals surface area contributed by atoms with Crippen LogP contribution in [0.2, 0.25) is 5.02 Å². The van der Waals surface area contributed by atoms with Crippen molar-refractivity contribution in [3.63, 3.8) is 0 Å². The second kappa shape index (κ2) is 15.1. The van der Waals surface area contributed by atoms with Crippen molar-refractivity contribution in [2.45, 2.75) is 30.7 Å². The highest BCUT2D eigenvalue weighted by Gasteiger charge is 2.18. The zero-order valence-electron chi connectivity index (χ0n) is 23.2. The Balaban J connectivity index is 0.00000423. The number of nitrogens with one attached hydrogen (secondary N) is 3. The van der Waals surface area contributed by atoms with Crippen molar-refractivity contribution in [1.29, 1.82) is 0 Å². The highest BCUT2D eigenvalue weighted by Crippen LogP contribution is 2.36. The molecule has 4 aromatic rings. The second-order valence-electron chi connectivity index (χ2n) is 10.2. The van der Waals surface area contributed by atoms with Gasteiger partial charge >= 0.3 is 0 Å². The van der Waals surface area contributed by atoms with Crippen LogP contribution in [-0.4, -0.2) is 27.4 Å². The third kappa shape index (κ3) is 8.97. The Kier molecular flexibility index (Phi) is 11.5. The summed E-state index contributed by atoms with van der Waals surface area (Å²) in [5.41, 5.74) is 2.94. The summed E-state index contributed by atoms with van der Waals surface area (Å²) in [6, 6.07) is 26.0. The van der Waals surface area contributed by atoms with Crippen LogP contribution in [0.3, 0.4) is 0 Å². The monoisotopic (exact) mass is 703 g/mol. The van der Waals surface area contributed by atoms with Gasteiger partial charge in [-0.15, -0.1) is 12.4 Å². The van der Waals surface area contributed by atoms with Crippen molar-refractivity contribution in [3.05, 3.63) is 117 Å². The quantitative estimate of drug-likeness (QED) is 0.158. The lowest BCUT2D eigenvalue weighted by molar-refractivity contribution is 0.0951. The molecule has 1 fully saturated rings. The number of ether oxygens (including phenoxy) is 1. The molecule has 0 saturated carbocycles.